The van der Waals surface area contributed by atoms with Crippen LogP contribution < -0.4 is 5.32 Å². The molecule has 3 aromatic rings. The van der Waals surface area contributed by atoms with Crippen molar-refractivity contribution in [1.29, 1.82) is 0 Å². The summed E-state index contributed by atoms with van der Waals surface area (Å²) >= 11 is 3.07. The zero-order valence-electron chi connectivity index (χ0n) is 19.4. The number of pyridine rings is 1. The summed E-state index contributed by atoms with van der Waals surface area (Å²) in [6.45, 7) is 8.38. The number of hydrogen-bond donors (Lipinski definition) is 1. The summed E-state index contributed by atoms with van der Waals surface area (Å²) in [5, 5.41) is 4.03. The number of rotatable bonds is 4. The molecule has 3 aliphatic heterocycles. The summed E-state index contributed by atoms with van der Waals surface area (Å²) in [5.41, 5.74) is 3.51. The fourth-order valence-corrected chi connectivity index (χ4v) is 8.82. The van der Waals surface area contributed by atoms with Crippen LogP contribution in [-0.2, 0) is 11.2 Å². The van der Waals surface area contributed by atoms with Crippen LogP contribution in [0.4, 0.5) is 20.2 Å². The molecular weight excluding hydrogens is 474 g/mol. The molecule has 0 radical (unpaired) electrons. The smallest absolute Gasteiger partial charge is 0.176 e. The number of thioether (sulfide) groups is 1. The quantitative estimate of drug-likeness (QED) is 0.472. The molecule has 34 heavy (non-hydrogen) atoms. The first kappa shape index (κ1) is 22.6. The van der Waals surface area contributed by atoms with E-state index in [9.17, 15) is 4.39 Å². The Labute approximate surface area is 206 Å². The van der Waals surface area contributed by atoms with Crippen molar-refractivity contribution < 1.29 is 13.5 Å². The molecule has 0 bridgehead atoms. The monoisotopic (exact) mass is 502 g/mol. The van der Waals surface area contributed by atoms with Crippen LogP contribution in [-0.4, -0.2) is 51.5 Å². The number of likely N-dealkylation sites (tertiary alicyclic amines) is 1. The highest BCUT2D eigenvalue weighted by atomic mass is 32.2. The number of aromatic nitrogens is 2. The number of nitrogens with zero attached hydrogens (tertiary/aromatic N) is 3. The van der Waals surface area contributed by atoms with Crippen LogP contribution in [0.25, 0.3) is 10.2 Å². The SMILES string of the molecule is CCN1CC[C@@H](C2(C)Cc3c(Nc4c(F)cc5scnc5c4F)ccnc3S2)C12CCOCC2. The number of ether oxygens (including phenoxy) is 1. The topological polar surface area (TPSA) is 50.3 Å². The summed E-state index contributed by atoms with van der Waals surface area (Å²) in [6.07, 6.45) is 5.81. The second-order valence-electron chi connectivity index (χ2n) is 9.74. The lowest BCUT2D eigenvalue weighted by Gasteiger charge is -2.49. The number of thiazole rings is 1. The Morgan fingerprint density at radius 1 is 1.26 bits per heavy atom. The first-order valence-corrected chi connectivity index (χ1v) is 13.6. The zero-order valence-corrected chi connectivity index (χ0v) is 21.0. The van der Waals surface area contributed by atoms with Crippen molar-refractivity contribution in [2.45, 2.75) is 54.8 Å². The van der Waals surface area contributed by atoms with Gasteiger partial charge in [0.1, 0.15) is 16.2 Å². The van der Waals surface area contributed by atoms with E-state index in [1.807, 2.05) is 17.8 Å². The van der Waals surface area contributed by atoms with E-state index in [1.165, 1.54) is 22.9 Å². The molecule has 0 aliphatic carbocycles. The van der Waals surface area contributed by atoms with Crippen molar-refractivity contribution in [2.24, 2.45) is 5.92 Å². The second-order valence-corrected chi connectivity index (χ2v) is 12.2. The van der Waals surface area contributed by atoms with E-state index >= 15 is 4.39 Å². The Morgan fingerprint density at radius 2 is 2.09 bits per heavy atom. The molecule has 2 atom stereocenters. The van der Waals surface area contributed by atoms with Crippen molar-refractivity contribution in [3.63, 3.8) is 0 Å². The third kappa shape index (κ3) is 3.38. The van der Waals surface area contributed by atoms with Crippen molar-refractivity contribution >= 4 is 44.7 Å². The van der Waals surface area contributed by atoms with Gasteiger partial charge < -0.3 is 10.1 Å². The number of anilines is 2. The lowest BCUT2D eigenvalue weighted by molar-refractivity contribution is -0.0323. The number of hydrogen-bond acceptors (Lipinski definition) is 7. The molecule has 9 heteroatoms. The van der Waals surface area contributed by atoms with E-state index in [1.54, 1.807) is 6.20 Å². The summed E-state index contributed by atoms with van der Waals surface area (Å²) in [7, 11) is 0. The lowest BCUT2D eigenvalue weighted by Crippen LogP contribution is -2.56. The molecule has 1 N–H and O–H groups in total. The normalized spacial score (nSPS) is 26.4. The number of nitrogens with one attached hydrogen (secondary N) is 1. The molecule has 3 aliphatic rings. The molecule has 2 saturated heterocycles. The van der Waals surface area contributed by atoms with Crippen molar-refractivity contribution in [2.75, 3.05) is 31.6 Å². The highest BCUT2D eigenvalue weighted by Crippen LogP contribution is 2.58. The molecule has 5 nitrogen and oxygen atoms in total. The molecule has 1 spiro atoms. The predicted octanol–water partition coefficient (Wildman–Crippen LogP) is 6.01. The third-order valence-electron chi connectivity index (χ3n) is 8.10. The average molecular weight is 503 g/mol. The Balaban J connectivity index is 1.34. The van der Waals surface area contributed by atoms with Gasteiger partial charge in [0, 0.05) is 40.9 Å². The van der Waals surface area contributed by atoms with Gasteiger partial charge in [0.05, 0.1) is 10.2 Å². The van der Waals surface area contributed by atoms with Gasteiger partial charge in [0.2, 0.25) is 0 Å². The number of fused-ring (bicyclic) bond motifs is 2. The predicted molar refractivity (Wildman–Crippen MR) is 133 cm³/mol. The Hall–Kier alpha value is -1.81. The van der Waals surface area contributed by atoms with Crippen molar-refractivity contribution in [1.82, 2.24) is 14.9 Å². The van der Waals surface area contributed by atoms with E-state index in [0.29, 0.717) is 10.6 Å². The van der Waals surface area contributed by atoms with Gasteiger partial charge in [-0.1, -0.05) is 18.7 Å². The van der Waals surface area contributed by atoms with Gasteiger partial charge in [0.15, 0.2) is 11.6 Å². The molecule has 6 rings (SSSR count). The first-order chi connectivity index (χ1) is 16.4. The van der Waals surface area contributed by atoms with Crippen molar-refractivity contribution in [3.8, 4) is 0 Å². The van der Waals surface area contributed by atoms with Gasteiger partial charge in [-0.05, 0) is 63.7 Å². The van der Waals surface area contributed by atoms with Crippen LogP contribution in [0.5, 0.6) is 0 Å². The largest absolute Gasteiger partial charge is 0.381 e. The molecule has 0 saturated carbocycles. The van der Waals surface area contributed by atoms with Crippen LogP contribution in [0.3, 0.4) is 0 Å². The molecule has 1 aromatic carbocycles. The van der Waals surface area contributed by atoms with Gasteiger partial charge in [-0.3, -0.25) is 4.90 Å². The van der Waals surface area contributed by atoms with Crippen LogP contribution in [0.1, 0.15) is 38.7 Å². The Morgan fingerprint density at radius 3 is 2.88 bits per heavy atom. The number of benzene rings is 1. The maximum absolute atomic E-state index is 15.1. The van der Waals surface area contributed by atoms with E-state index in [0.717, 1.165) is 68.3 Å². The third-order valence-corrected chi connectivity index (χ3v) is 10.3. The fraction of sp³-hybridized carbons (Fsp3) is 0.520. The zero-order chi connectivity index (χ0) is 23.5. The van der Waals surface area contributed by atoms with Gasteiger partial charge >= 0.3 is 0 Å². The second kappa shape index (κ2) is 8.40. The number of halogens is 2. The van der Waals surface area contributed by atoms with Gasteiger partial charge in [-0.15, -0.1) is 11.3 Å². The lowest BCUT2D eigenvalue weighted by atomic mass is 9.70. The fourth-order valence-electron chi connectivity index (χ4n) is 6.57. The van der Waals surface area contributed by atoms with E-state index in [4.69, 9.17) is 4.74 Å². The van der Waals surface area contributed by atoms with Gasteiger partial charge in [0.25, 0.3) is 0 Å². The molecule has 2 fully saturated rings. The Bertz CT molecular complexity index is 1250. The van der Waals surface area contributed by atoms with Crippen LogP contribution in [0, 0.1) is 17.6 Å². The molecule has 2 aromatic heterocycles. The minimum absolute atomic E-state index is 0.0374. The van der Waals surface area contributed by atoms with Crippen molar-refractivity contribution in [3.05, 3.63) is 41.0 Å². The average Bonchev–Trinajstić information content (AvgIpc) is 3.53. The molecule has 1 unspecified atom stereocenters. The highest BCUT2D eigenvalue weighted by Gasteiger charge is 2.57. The minimum atomic E-state index is -0.647. The molecule has 180 valence electrons. The van der Waals surface area contributed by atoms with E-state index < -0.39 is 11.6 Å². The summed E-state index contributed by atoms with van der Waals surface area (Å²) in [4.78, 5) is 11.4. The van der Waals surface area contributed by atoms with Crippen LogP contribution in [0.2, 0.25) is 0 Å². The summed E-state index contributed by atoms with van der Waals surface area (Å²) in [5.74, 6) is -0.759. The maximum Gasteiger partial charge on any atom is 0.176 e. The molecule has 0 amide bonds. The minimum Gasteiger partial charge on any atom is -0.381 e. The maximum atomic E-state index is 15.1. The van der Waals surface area contributed by atoms with Gasteiger partial charge in [-0.2, -0.15) is 0 Å². The highest BCUT2D eigenvalue weighted by molar-refractivity contribution is 8.01. The van der Waals surface area contributed by atoms with Crippen LogP contribution >= 0.6 is 23.1 Å². The van der Waals surface area contributed by atoms with E-state index in [2.05, 4.69) is 34.0 Å². The Kier molecular flexibility index (Phi) is 5.59. The first-order valence-electron chi connectivity index (χ1n) is 11.9. The summed E-state index contributed by atoms with van der Waals surface area (Å²) in [6, 6.07) is 3.18. The molecular formula is C25H28F2N4OS2. The summed E-state index contributed by atoms with van der Waals surface area (Å²) < 4.78 is 36.2. The van der Waals surface area contributed by atoms with Gasteiger partial charge in [-0.25, -0.2) is 18.7 Å². The van der Waals surface area contributed by atoms with E-state index in [-0.39, 0.29) is 21.5 Å². The standard InChI is InChI=1S/C25H28F2N4OS2/c1-3-31-9-5-19(25(31)6-10-32-11-7-25)24(2)13-15-17(4-8-28-23(15)34-24)30-21-16(26)12-18-22(20(21)27)29-14-33-18/h4,8,12,14,19H,3,5-7,9-11,13H2,1-2H3,(H,28,30)/t19-,24?/m0/s1. The molecule has 5 heterocycles. The van der Waals surface area contributed by atoms with Crippen LogP contribution in [0.15, 0.2) is 28.9 Å².